The van der Waals surface area contributed by atoms with Crippen LogP contribution in [0.4, 0.5) is 0 Å². The lowest BCUT2D eigenvalue weighted by Crippen LogP contribution is -2.25. The SMILES string of the molecule is CCc1nn(C(C)C)c2cc(C(=O)C=C(N(C)C)N(C)C)ccc12. The molecule has 24 heavy (non-hydrogen) atoms. The first-order valence-electron chi connectivity index (χ1n) is 8.38. The number of hydrogen-bond donors (Lipinski definition) is 0. The number of allylic oxidation sites excluding steroid dienone is 1. The molecule has 0 aliphatic carbocycles. The molecule has 0 saturated carbocycles. The van der Waals surface area contributed by atoms with E-state index in [0.717, 1.165) is 28.8 Å². The maximum atomic E-state index is 12.7. The third-order valence-electron chi connectivity index (χ3n) is 4.07. The van der Waals surface area contributed by atoms with Crippen molar-refractivity contribution in [1.29, 1.82) is 0 Å². The Hall–Kier alpha value is -2.30. The van der Waals surface area contributed by atoms with E-state index in [1.54, 1.807) is 6.08 Å². The van der Waals surface area contributed by atoms with Crippen LogP contribution in [0, 0.1) is 0 Å². The van der Waals surface area contributed by atoms with Crippen LogP contribution in [0.2, 0.25) is 0 Å². The highest BCUT2D eigenvalue weighted by molar-refractivity contribution is 6.06. The second-order valence-corrected chi connectivity index (χ2v) is 6.73. The summed E-state index contributed by atoms with van der Waals surface area (Å²) in [4.78, 5) is 16.6. The molecular formula is C19H28N4O. The number of rotatable bonds is 6. The molecule has 0 spiro atoms. The van der Waals surface area contributed by atoms with E-state index in [9.17, 15) is 4.79 Å². The molecule has 1 aromatic heterocycles. The van der Waals surface area contributed by atoms with Gasteiger partial charge in [-0.2, -0.15) is 5.10 Å². The average molecular weight is 328 g/mol. The Balaban J connectivity index is 2.52. The lowest BCUT2D eigenvalue weighted by Gasteiger charge is -2.24. The molecule has 130 valence electrons. The topological polar surface area (TPSA) is 41.4 Å². The fourth-order valence-corrected chi connectivity index (χ4v) is 2.87. The van der Waals surface area contributed by atoms with Gasteiger partial charge in [0, 0.05) is 51.3 Å². The first-order chi connectivity index (χ1) is 11.3. The molecule has 2 rings (SSSR count). The summed E-state index contributed by atoms with van der Waals surface area (Å²) >= 11 is 0. The van der Waals surface area contributed by atoms with E-state index in [-0.39, 0.29) is 11.8 Å². The molecule has 0 saturated heterocycles. The standard InChI is InChI=1S/C19H28N4O/c1-8-16-15-10-9-14(11-17(15)23(20-16)13(2)3)18(24)12-19(21(4)5)22(6)7/h9-13H,8H2,1-7H3. The zero-order valence-electron chi connectivity index (χ0n) is 15.8. The van der Waals surface area contributed by atoms with Crippen molar-refractivity contribution in [2.24, 2.45) is 0 Å². The quantitative estimate of drug-likeness (QED) is 0.602. The van der Waals surface area contributed by atoms with Crippen LogP contribution in [0.5, 0.6) is 0 Å². The maximum Gasteiger partial charge on any atom is 0.189 e. The Morgan fingerprint density at radius 3 is 2.33 bits per heavy atom. The van der Waals surface area contributed by atoms with Crippen molar-refractivity contribution in [3.63, 3.8) is 0 Å². The number of nitrogens with zero attached hydrogens (tertiary/aromatic N) is 4. The monoisotopic (exact) mass is 328 g/mol. The van der Waals surface area contributed by atoms with Crippen LogP contribution in [0.25, 0.3) is 10.9 Å². The summed E-state index contributed by atoms with van der Waals surface area (Å²) in [5.74, 6) is 0.871. The second-order valence-electron chi connectivity index (χ2n) is 6.73. The minimum Gasteiger partial charge on any atom is -0.364 e. The number of ketones is 1. The largest absolute Gasteiger partial charge is 0.364 e. The van der Waals surface area contributed by atoms with Crippen molar-refractivity contribution >= 4 is 16.7 Å². The molecule has 0 radical (unpaired) electrons. The van der Waals surface area contributed by atoms with Crippen molar-refractivity contribution in [3.8, 4) is 0 Å². The summed E-state index contributed by atoms with van der Waals surface area (Å²) in [6.07, 6.45) is 2.56. The predicted molar refractivity (Wildman–Crippen MR) is 99.3 cm³/mol. The molecule has 0 aliphatic rings. The predicted octanol–water partition coefficient (Wildman–Crippen LogP) is 3.33. The number of carbonyl (C=O) groups excluding carboxylic acids is 1. The molecule has 0 unspecified atom stereocenters. The van der Waals surface area contributed by atoms with E-state index in [2.05, 4.69) is 20.8 Å². The van der Waals surface area contributed by atoms with Crippen LogP contribution < -0.4 is 0 Å². The molecule has 5 heteroatoms. The average Bonchev–Trinajstić information content (AvgIpc) is 2.89. The van der Waals surface area contributed by atoms with Gasteiger partial charge >= 0.3 is 0 Å². The molecule has 0 bridgehead atoms. The first-order valence-corrected chi connectivity index (χ1v) is 8.38. The molecule has 1 aromatic carbocycles. The molecule has 1 heterocycles. The van der Waals surface area contributed by atoms with E-state index in [4.69, 9.17) is 5.10 Å². The molecule has 0 aliphatic heterocycles. The Morgan fingerprint density at radius 2 is 1.83 bits per heavy atom. The minimum atomic E-state index is 0.00357. The summed E-state index contributed by atoms with van der Waals surface area (Å²) < 4.78 is 2.01. The normalized spacial score (nSPS) is 11.0. The lowest BCUT2D eigenvalue weighted by molar-refractivity contribution is 0.104. The van der Waals surface area contributed by atoms with Crippen molar-refractivity contribution in [3.05, 3.63) is 41.4 Å². The second kappa shape index (κ2) is 7.07. The highest BCUT2D eigenvalue weighted by Crippen LogP contribution is 2.24. The van der Waals surface area contributed by atoms with Gasteiger partial charge in [-0.15, -0.1) is 0 Å². The first kappa shape index (κ1) is 18.0. The third kappa shape index (κ3) is 3.45. The number of aromatic nitrogens is 2. The Kier molecular flexibility index (Phi) is 5.32. The van der Waals surface area contributed by atoms with E-state index in [1.165, 1.54) is 0 Å². The minimum absolute atomic E-state index is 0.00357. The van der Waals surface area contributed by atoms with E-state index in [1.807, 2.05) is 60.9 Å². The summed E-state index contributed by atoms with van der Waals surface area (Å²) in [6, 6.07) is 6.14. The van der Waals surface area contributed by atoms with Crippen LogP contribution in [-0.2, 0) is 6.42 Å². The zero-order valence-corrected chi connectivity index (χ0v) is 15.8. The number of hydrogen-bond acceptors (Lipinski definition) is 4. The van der Waals surface area contributed by atoms with Gasteiger partial charge < -0.3 is 9.80 Å². The molecule has 0 amide bonds. The van der Waals surface area contributed by atoms with Crippen molar-refractivity contribution in [1.82, 2.24) is 19.6 Å². The highest BCUT2D eigenvalue weighted by Gasteiger charge is 2.15. The van der Waals surface area contributed by atoms with E-state index < -0.39 is 0 Å². The smallest absolute Gasteiger partial charge is 0.189 e. The number of aryl methyl sites for hydroxylation is 1. The fourth-order valence-electron chi connectivity index (χ4n) is 2.87. The number of carbonyl (C=O) groups is 1. The lowest BCUT2D eigenvalue weighted by atomic mass is 10.1. The van der Waals surface area contributed by atoms with Gasteiger partial charge in [0.25, 0.3) is 0 Å². The molecular weight excluding hydrogens is 300 g/mol. The van der Waals surface area contributed by atoms with Gasteiger partial charge in [0.1, 0.15) is 5.82 Å². The van der Waals surface area contributed by atoms with Gasteiger partial charge in [-0.3, -0.25) is 9.48 Å². The Bertz CT molecular complexity index is 759. The van der Waals surface area contributed by atoms with Crippen LogP contribution in [-0.4, -0.2) is 53.6 Å². The van der Waals surface area contributed by atoms with Crippen LogP contribution in [0.1, 0.15) is 42.9 Å². The van der Waals surface area contributed by atoms with Gasteiger partial charge in [0.2, 0.25) is 0 Å². The zero-order chi connectivity index (χ0) is 18.0. The molecule has 2 aromatic rings. The summed E-state index contributed by atoms with van der Waals surface area (Å²) in [5, 5.41) is 5.83. The van der Waals surface area contributed by atoms with Crippen molar-refractivity contribution in [2.45, 2.75) is 33.2 Å². The van der Waals surface area contributed by atoms with Gasteiger partial charge in [0.15, 0.2) is 5.78 Å². The van der Waals surface area contributed by atoms with Crippen molar-refractivity contribution < 1.29 is 4.79 Å². The summed E-state index contributed by atoms with van der Waals surface area (Å²) in [5.41, 5.74) is 2.79. The Morgan fingerprint density at radius 1 is 1.21 bits per heavy atom. The van der Waals surface area contributed by atoms with E-state index >= 15 is 0 Å². The van der Waals surface area contributed by atoms with Crippen LogP contribution in [0.15, 0.2) is 30.1 Å². The number of fused-ring (bicyclic) bond motifs is 1. The Labute approximate surface area is 144 Å². The molecule has 5 nitrogen and oxygen atoms in total. The van der Waals surface area contributed by atoms with Crippen LogP contribution in [0.3, 0.4) is 0 Å². The maximum absolute atomic E-state index is 12.7. The molecule has 0 atom stereocenters. The van der Waals surface area contributed by atoms with Crippen LogP contribution >= 0.6 is 0 Å². The van der Waals surface area contributed by atoms with Gasteiger partial charge in [-0.05, 0) is 26.3 Å². The fraction of sp³-hybridized carbons (Fsp3) is 0.474. The third-order valence-corrected chi connectivity index (χ3v) is 4.07. The van der Waals surface area contributed by atoms with E-state index in [0.29, 0.717) is 5.56 Å². The summed E-state index contributed by atoms with van der Waals surface area (Å²) in [6.45, 7) is 6.32. The van der Waals surface area contributed by atoms with Gasteiger partial charge in [-0.25, -0.2) is 0 Å². The van der Waals surface area contributed by atoms with Gasteiger partial charge in [0.05, 0.1) is 11.2 Å². The molecule has 0 N–H and O–H groups in total. The van der Waals surface area contributed by atoms with Crippen molar-refractivity contribution in [2.75, 3.05) is 28.2 Å². The summed E-state index contributed by atoms with van der Waals surface area (Å²) in [7, 11) is 7.74. The highest BCUT2D eigenvalue weighted by atomic mass is 16.1. The molecule has 0 fully saturated rings. The number of benzene rings is 1. The van der Waals surface area contributed by atoms with Gasteiger partial charge in [-0.1, -0.05) is 19.1 Å².